The third-order valence-corrected chi connectivity index (χ3v) is 6.97. The monoisotopic (exact) mass is 466 g/mol. The lowest BCUT2D eigenvalue weighted by Gasteiger charge is -2.21. The minimum atomic E-state index is 0.0647. The molecule has 2 aromatic heterocycles. The molecule has 2 heterocycles. The molecule has 1 N–H and O–H groups in total. The number of nitrogens with zero attached hydrogens (tertiary/aromatic N) is 5. The Kier molecular flexibility index (Phi) is 6.89. The fraction of sp³-hybridized carbons (Fsp3) is 0.357. The largest absolute Gasteiger partial charge is 0.328 e. The van der Waals surface area contributed by atoms with Crippen LogP contribution in [0, 0.1) is 18.3 Å². The van der Waals surface area contributed by atoms with Gasteiger partial charge in [0.15, 0.2) is 5.82 Å². The first-order valence-electron chi connectivity index (χ1n) is 12.4. The highest BCUT2D eigenvalue weighted by atomic mass is 16.1. The van der Waals surface area contributed by atoms with E-state index in [0.717, 1.165) is 34.5 Å². The minimum absolute atomic E-state index is 0.0647. The molecule has 35 heavy (non-hydrogen) atoms. The Bertz CT molecular complexity index is 1350. The molecule has 1 fully saturated rings. The number of hydrogen-bond donors (Lipinski definition) is 1. The SMILES string of the molecule is C#CCCc1cn(CC2CCCCC2)c(=O)n1Cc1ccc(-c2ccccc2-c2nnn[nH]2)cc1. The summed E-state index contributed by atoms with van der Waals surface area (Å²) in [5.74, 6) is 3.95. The lowest BCUT2D eigenvalue weighted by molar-refractivity contribution is 0.315. The van der Waals surface area contributed by atoms with Gasteiger partial charge in [-0.2, -0.15) is 0 Å². The molecule has 178 valence electrons. The van der Waals surface area contributed by atoms with Gasteiger partial charge in [0.2, 0.25) is 0 Å². The molecule has 0 amide bonds. The molecule has 5 rings (SSSR count). The van der Waals surface area contributed by atoms with E-state index in [1.807, 2.05) is 33.5 Å². The summed E-state index contributed by atoms with van der Waals surface area (Å²) in [6.45, 7) is 1.34. The molecule has 2 aromatic carbocycles. The second-order valence-corrected chi connectivity index (χ2v) is 9.34. The van der Waals surface area contributed by atoms with Crippen LogP contribution < -0.4 is 5.69 Å². The van der Waals surface area contributed by atoms with Crippen LogP contribution in [-0.2, 0) is 19.5 Å². The highest BCUT2D eigenvalue weighted by Gasteiger charge is 2.18. The average molecular weight is 467 g/mol. The van der Waals surface area contributed by atoms with E-state index in [-0.39, 0.29) is 5.69 Å². The molecule has 7 nitrogen and oxygen atoms in total. The molecule has 0 aliphatic heterocycles. The number of benzene rings is 2. The van der Waals surface area contributed by atoms with Crippen LogP contribution >= 0.6 is 0 Å². The Morgan fingerprint density at radius 1 is 1.03 bits per heavy atom. The van der Waals surface area contributed by atoms with Gasteiger partial charge in [0, 0.05) is 36.8 Å². The zero-order valence-corrected chi connectivity index (χ0v) is 19.9. The molecule has 1 aliphatic carbocycles. The summed E-state index contributed by atoms with van der Waals surface area (Å²) in [4.78, 5) is 13.3. The second-order valence-electron chi connectivity index (χ2n) is 9.34. The number of H-pyrrole nitrogens is 1. The highest BCUT2D eigenvalue weighted by molar-refractivity contribution is 5.80. The van der Waals surface area contributed by atoms with Crippen molar-refractivity contribution in [3.8, 4) is 34.9 Å². The smallest absolute Gasteiger partial charge is 0.299 e. The van der Waals surface area contributed by atoms with Crippen molar-refractivity contribution >= 4 is 0 Å². The first kappa shape index (κ1) is 22.9. The van der Waals surface area contributed by atoms with E-state index in [4.69, 9.17) is 6.42 Å². The first-order valence-corrected chi connectivity index (χ1v) is 12.4. The van der Waals surface area contributed by atoms with Crippen molar-refractivity contribution in [2.45, 2.75) is 58.0 Å². The number of aromatic amines is 1. The van der Waals surface area contributed by atoms with Gasteiger partial charge < -0.3 is 0 Å². The van der Waals surface area contributed by atoms with Crippen LogP contribution in [0.15, 0.2) is 59.5 Å². The van der Waals surface area contributed by atoms with Crippen molar-refractivity contribution in [3.05, 3.63) is 76.5 Å². The van der Waals surface area contributed by atoms with Crippen LogP contribution in [0.3, 0.4) is 0 Å². The Morgan fingerprint density at radius 2 is 1.80 bits per heavy atom. The standard InChI is InChI=1S/C28H30N6O/c1-2-3-11-24-20-33(18-21-9-5-4-6-10-21)28(35)34(24)19-22-14-16-23(17-15-22)25-12-7-8-13-26(25)27-29-31-32-30-27/h1,7-8,12-17,20-21H,3-6,9-11,18-19H2,(H,29,30,31,32). The van der Waals surface area contributed by atoms with E-state index in [0.29, 0.717) is 31.1 Å². The zero-order chi connectivity index (χ0) is 24.0. The summed E-state index contributed by atoms with van der Waals surface area (Å²) in [6.07, 6.45) is 15.2. The van der Waals surface area contributed by atoms with Crippen molar-refractivity contribution < 1.29 is 0 Å². The zero-order valence-electron chi connectivity index (χ0n) is 19.9. The fourth-order valence-electron chi connectivity index (χ4n) is 5.12. The molecule has 4 aromatic rings. The van der Waals surface area contributed by atoms with E-state index in [2.05, 4.69) is 56.9 Å². The maximum Gasteiger partial charge on any atom is 0.328 e. The number of terminal acetylenes is 1. The fourth-order valence-corrected chi connectivity index (χ4v) is 5.12. The van der Waals surface area contributed by atoms with Crippen molar-refractivity contribution in [2.24, 2.45) is 5.92 Å². The summed E-state index contributed by atoms with van der Waals surface area (Å²) in [5, 5.41) is 14.3. The first-order chi connectivity index (χ1) is 17.2. The van der Waals surface area contributed by atoms with Gasteiger partial charge in [-0.3, -0.25) is 9.13 Å². The molecule has 1 aliphatic rings. The molecule has 1 saturated carbocycles. The number of rotatable bonds is 8. The summed E-state index contributed by atoms with van der Waals surface area (Å²) in [7, 11) is 0. The topological polar surface area (TPSA) is 81.4 Å². The van der Waals surface area contributed by atoms with Crippen LogP contribution in [0.1, 0.15) is 49.8 Å². The molecule has 0 unspecified atom stereocenters. The third-order valence-electron chi connectivity index (χ3n) is 6.97. The third kappa shape index (κ3) is 5.12. The lowest BCUT2D eigenvalue weighted by Crippen LogP contribution is -2.28. The number of aryl methyl sites for hydroxylation is 1. The Balaban J connectivity index is 1.39. The van der Waals surface area contributed by atoms with Gasteiger partial charge in [0.25, 0.3) is 0 Å². The van der Waals surface area contributed by atoms with Crippen molar-refractivity contribution in [1.82, 2.24) is 29.8 Å². The van der Waals surface area contributed by atoms with Crippen LogP contribution in [0.2, 0.25) is 0 Å². The summed E-state index contributed by atoms with van der Waals surface area (Å²) in [6, 6.07) is 16.4. The predicted octanol–water partition coefficient (Wildman–Crippen LogP) is 4.69. The van der Waals surface area contributed by atoms with E-state index in [9.17, 15) is 4.79 Å². The van der Waals surface area contributed by atoms with Crippen LogP contribution in [0.4, 0.5) is 0 Å². The molecule has 0 radical (unpaired) electrons. The van der Waals surface area contributed by atoms with Gasteiger partial charge in [0.1, 0.15) is 0 Å². The highest BCUT2D eigenvalue weighted by Crippen LogP contribution is 2.30. The van der Waals surface area contributed by atoms with E-state index < -0.39 is 0 Å². The number of tetrazole rings is 1. The van der Waals surface area contributed by atoms with Crippen LogP contribution in [0.5, 0.6) is 0 Å². The molecule has 0 bridgehead atoms. The van der Waals surface area contributed by atoms with Crippen molar-refractivity contribution in [1.29, 1.82) is 0 Å². The molecular weight excluding hydrogens is 436 g/mol. The molecular formula is C28H30N6O. The van der Waals surface area contributed by atoms with Gasteiger partial charge in [-0.05, 0) is 45.9 Å². The summed E-state index contributed by atoms with van der Waals surface area (Å²) in [5.41, 5.74) is 5.20. The Labute approximate surface area is 205 Å². The average Bonchev–Trinajstić information content (AvgIpc) is 3.54. The number of imidazole rings is 1. The molecule has 7 heteroatoms. The van der Waals surface area contributed by atoms with Gasteiger partial charge in [-0.15, -0.1) is 17.4 Å². The van der Waals surface area contributed by atoms with E-state index in [1.165, 1.54) is 32.1 Å². The van der Waals surface area contributed by atoms with Crippen LogP contribution in [-0.4, -0.2) is 29.8 Å². The lowest BCUT2D eigenvalue weighted by atomic mass is 9.89. The number of nitrogens with one attached hydrogen (secondary N) is 1. The maximum atomic E-state index is 13.3. The normalized spacial score (nSPS) is 14.1. The molecule has 0 saturated heterocycles. The molecule has 0 spiro atoms. The van der Waals surface area contributed by atoms with Gasteiger partial charge in [-0.1, -0.05) is 67.8 Å². The Hall–Kier alpha value is -3.92. The second kappa shape index (κ2) is 10.6. The molecule has 0 atom stereocenters. The number of hydrogen-bond acceptors (Lipinski definition) is 4. The van der Waals surface area contributed by atoms with Gasteiger partial charge in [-0.25, -0.2) is 9.89 Å². The summed E-state index contributed by atoms with van der Waals surface area (Å²) < 4.78 is 3.81. The van der Waals surface area contributed by atoms with Gasteiger partial charge >= 0.3 is 5.69 Å². The van der Waals surface area contributed by atoms with Crippen LogP contribution in [0.25, 0.3) is 22.5 Å². The predicted molar refractivity (Wildman–Crippen MR) is 137 cm³/mol. The van der Waals surface area contributed by atoms with E-state index in [1.54, 1.807) is 0 Å². The maximum absolute atomic E-state index is 13.3. The Morgan fingerprint density at radius 3 is 2.51 bits per heavy atom. The van der Waals surface area contributed by atoms with Crippen molar-refractivity contribution in [3.63, 3.8) is 0 Å². The quantitative estimate of drug-likeness (QED) is 0.382. The van der Waals surface area contributed by atoms with Gasteiger partial charge in [0.05, 0.1) is 6.54 Å². The minimum Gasteiger partial charge on any atom is -0.299 e. The van der Waals surface area contributed by atoms with E-state index >= 15 is 0 Å². The number of aromatic nitrogens is 6. The van der Waals surface area contributed by atoms with Crippen molar-refractivity contribution in [2.75, 3.05) is 0 Å². The summed E-state index contributed by atoms with van der Waals surface area (Å²) >= 11 is 0.